The molecule has 7 heteroatoms. The van der Waals surface area contributed by atoms with Crippen LogP contribution in [0.3, 0.4) is 0 Å². The summed E-state index contributed by atoms with van der Waals surface area (Å²) < 4.78 is 0. The molecule has 1 unspecified atom stereocenters. The number of rotatable bonds is 4. The molecule has 1 atom stereocenters. The number of amides is 1. The predicted octanol–water partition coefficient (Wildman–Crippen LogP) is 1.79. The minimum absolute atomic E-state index is 0.137. The number of piperidine rings is 1. The van der Waals surface area contributed by atoms with E-state index in [1.54, 1.807) is 6.92 Å². The zero-order valence-electron chi connectivity index (χ0n) is 11.7. The van der Waals surface area contributed by atoms with E-state index in [0.717, 1.165) is 18.7 Å². The van der Waals surface area contributed by atoms with Crippen LogP contribution >= 0.6 is 11.3 Å². The molecular weight excluding hydrogens is 278 g/mol. The molecular formula is C13H19N3O3S. The summed E-state index contributed by atoms with van der Waals surface area (Å²) in [6, 6.07) is 0. The van der Waals surface area contributed by atoms with E-state index in [0.29, 0.717) is 24.6 Å². The summed E-state index contributed by atoms with van der Waals surface area (Å²) in [5, 5.41) is 14.4. The molecule has 0 aromatic carbocycles. The monoisotopic (exact) mass is 297 g/mol. The lowest BCUT2D eigenvalue weighted by Gasteiger charge is -2.37. The van der Waals surface area contributed by atoms with Gasteiger partial charge in [-0.25, -0.2) is 4.98 Å². The first-order valence-electron chi connectivity index (χ1n) is 6.57. The summed E-state index contributed by atoms with van der Waals surface area (Å²) in [5.41, 5.74) is 0.197. The van der Waals surface area contributed by atoms with Crippen LogP contribution in [-0.2, 0) is 16.1 Å². The molecule has 110 valence electrons. The zero-order chi connectivity index (χ0) is 14.8. The van der Waals surface area contributed by atoms with Crippen LogP contribution in [0.5, 0.6) is 0 Å². The van der Waals surface area contributed by atoms with Gasteiger partial charge in [-0.05, 0) is 26.3 Å². The summed E-state index contributed by atoms with van der Waals surface area (Å²) in [7, 11) is 0. The Bertz CT molecular complexity index is 517. The third kappa shape index (κ3) is 3.55. The fourth-order valence-corrected chi connectivity index (χ4v) is 3.22. The van der Waals surface area contributed by atoms with Crippen molar-refractivity contribution in [2.45, 2.75) is 33.2 Å². The van der Waals surface area contributed by atoms with Gasteiger partial charge in [-0.1, -0.05) is 0 Å². The number of thiazole rings is 1. The van der Waals surface area contributed by atoms with Crippen molar-refractivity contribution in [3.63, 3.8) is 0 Å². The van der Waals surface area contributed by atoms with Crippen molar-refractivity contribution in [3.05, 3.63) is 11.1 Å². The number of anilines is 1. The normalized spacial score (nSPS) is 23.5. The molecule has 2 heterocycles. The van der Waals surface area contributed by atoms with Crippen LogP contribution in [0.4, 0.5) is 5.13 Å². The minimum Gasteiger partial charge on any atom is -0.481 e. The molecule has 1 aliphatic rings. The van der Waals surface area contributed by atoms with E-state index in [1.807, 2.05) is 5.38 Å². The number of likely N-dealkylation sites (tertiary alicyclic amines) is 1. The standard InChI is InChI=1S/C13H19N3O3S/c1-9(17)14-12-15-10(7-20-12)6-16-5-3-4-13(2,8-16)11(18)19/h7H,3-6,8H2,1-2H3,(H,18,19)(H,14,15,17). The van der Waals surface area contributed by atoms with Crippen LogP contribution in [0, 0.1) is 5.41 Å². The van der Waals surface area contributed by atoms with Crippen molar-refractivity contribution >= 4 is 28.3 Å². The molecule has 0 saturated carbocycles. The maximum absolute atomic E-state index is 11.3. The van der Waals surface area contributed by atoms with Gasteiger partial charge in [0, 0.05) is 25.4 Å². The molecule has 1 aromatic heterocycles. The van der Waals surface area contributed by atoms with Gasteiger partial charge in [0.1, 0.15) is 0 Å². The Hall–Kier alpha value is -1.47. The molecule has 20 heavy (non-hydrogen) atoms. The van der Waals surface area contributed by atoms with E-state index in [4.69, 9.17) is 0 Å². The second-order valence-electron chi connectivity index (χ2n) is 5.51. The van der Waals surface area contributed by atoms with Crippen LogP contribution in [0.15, 0.2) is 5.38 Å². The molecule has 0 bridgehead atoms. The van der Waals surface area contributed by atoms with Crippen LogP contribution in [0.1, 0.15) is 32.4 Å². The molecule has 2 N–H and O–H groups in total. The third-order valence-corrected chi connectivity index (χ3v) is 4.32. The Morgan fingerprint density at radius 2 is 2.35 bits per heavy atom. The number of carbonyl (C=O) groups is 2. The van der Waals surface area contributed by atoms with E-state index in [2.05, 4.69) is 15.2 Å². The highest BCUT2D eigenvalue weighted by atomic mass is 32.1. The molecule has 1 fully saturated rings. The van der Waals surface area contributed by atoms with Crippen molar-refractivity contribution < 1.29 is 14.7 Å². The summed E-state index contributed by atoms with van der Waals surface area (Å²) >= 11 is 1.39. The van der Waals surface area contributed by atoms with Gasteiger partial charge in [0.05, 0.1) is 11.1 Å². The summed E-state index contributed by atoms with van der Waals surface area (Å²) in [6.45, 7) is 5.29. The van der Waals surface area contributed by atoms with Crippen molar-refractivity contribution in [3.8, 4) is 0 Å². The van der Waals surface area contributed by atoms with Crippen LogP contribution < -0.4 is 5.32 Å². The minimum atomic E-state index is -0.737. The lowest BCUT2D eigenvalue weighted by molar-refractivity contribution is -0.151. The number of carboxylic acid groups (broad SMARTS) is 1. The largest absolute Gasteiger partial charge is 0.481 e. The number of aromatic nitrogens is 1. The molecule has 1 amide bonds. The van der Waals surface area contributed by atoms with E-state index >= 15 is 0 Å². The number of hydrogen-bond acceptors (Lipinski definition) is 5. The van der Waals surface area contributed by atoms with Crippen molar-refractivity contribution in [1.29, 1.82) is 0 Å². The van der Waals surface area contributed by atoms with Gasteiger partial charge in [0.25, 0.3) is 0 Å². The van der Waals surface area contributed by atoms with E-state index in [9.17, 15) is 14.7 Å². The highest BCUT2D eigenvalue weighted by Gasteiger charge is 2.37. The highest BCUT2D eigenvalue weighted by molar-refractivity contribution is 7.13. The molecule has 0 spiro atoms. The Balaban J connectivity index is 1.97. The SMILES string of the molecule is CC(=O)Nc1nc(CN2CCCC(C)(C(=O)O)C2)cs1. The molecule has 0 radical (unpaired) electrons. The zero-order valence-corrected chi connectivity index (χ0v) is 12.5. The third-order valence-electron chi connectivity index (χ3n) is 3.51. The average Bonchev–Trinajstić information content (AvgIpc) is 2.75. The number of aliphatic carboxylic acids is 1. The van der Waals surface area contributed by atoms with E-state index < -0.39 is 11.4 Å². The van der Waals surface area contributed by atoms with Crippen LogP contribution in [0.25, 0.3) is 0 Å². The quantitative estimate of drug-likeness (QED) is 0.885. The van der Waals surface area contributed by atoms with Gasteiger partial charge >= 0.3 is 5.97 Å². The molecule has 6 nitrogen and oxygen atoms in total. The highest BCUT2D eigenvalue weighted by Crippen LogP contribution is 2.30. The topological polar surface area (TPSA) is 82.5 Å². The molecule has 1 aromatic rings. The molecule has 1 saturated heterocycles. The van der Waals surface area contributed by atoms with Gasteiger partial charge < -0.3 is 10.4 Å². The molecule has 2 rings (SSSR count). The Labute approximate surface area is 121 Å². The first kappa shape index (κ1) is 14.9. The molecule has 1 aliphatic heterocycles. The number of hydrogen-bond donors (Lipinski definition) is 2. The second-order valence-corrected chi connectivity index (χ2v) is 6.36. The van der Waals surface area contributed by atoms with Crippen LogP contribution in [-0.4, -0.2) is 40.0 Å². The Morgan fingerprint density at radius 1 is 1.60 bits per heavy atom. The van der Waals surface area contributed by atoms with Gasteiger partial charge in [-0.3, -0.25) is 14.5 Å². The first-order valence-corrected chi connectivity index (χ1v) is 7.45. The fraction of sp³-hybridized carbons (Fsp3) is 0.615. The average molecular weight is 297 g/mol. The smallest absolute Gasteiger partial charge is 0.310 e. The van der Waals surface area contributed by atoms with Gasteiger partial charge in [0.2, 0.25) is 5.91 Å². The van der Waals surface area contributed by atoms with Crippen molar-refractivity contribution in [2.75, 3.05) is 18.4 Å². The predicted molar refractivity (Wildman–Crippen MR) is 76.7 cm³/mol. The number of nitrogens with zero attached hydrogens (tertiary/aromatic N) is 2. The first-order chi connectivity index (χ1) is 9.39. The Morgan fingerprint density at radius 3 is 3.00 bits per heavy atom. The summed E-state index contributed by atoms with van der Waals surface area (Å²) in [5.74, 6) is -0.873. The van der Waals surface area contributed by atoms with Crippen molar-refractivity contribution in [2.24, 2.45) is 5.41 Å². The van der Waals surface area contributed by atoms with E-state index in [-0.39, 0.29) is 5.91 Å². The van der Waals surface area contributed by atoms with Gasteiger partial charge in [-0.2, -0.15) is 0 Å². The van der Waals surface area contributed by atoms with Crippen molar-refractivity contribution in [1.82, 2.24) is 9.88 Å². The Kier molecular flexibility index (Phi) is 4.39. The maximum Gasteiger partial charge on any atom is 0.310 e. The summed E-state index contributed by atoms with van der Waals surface area (Å²) in [6.07, 6.45) is 1.60. The number of nitrogens with one attached hydrogen (secondary N) is 1. The lowest BCUT2D eigenvalue weighted by atomic mass is 9.82. The maximum atomic E-state index is 11.3. The van der Waals surface area contributed by atoms with Gasteiger partial charge in [-0.15, -0.1) is 11.3 Å². The fourth-order valence-electron chi connectivity index (χ4n) is 2.47. The van der Waals surface area contributed by atoms with Crippen LogP contribution in [0.2, 0.25) is 0 Å². The lowest BCUT2D eigenvalue weighted by Crippen LogP contribution is -2.45. The molecule has 0 aliphatic carbocycles. The second kappa shape index (κ2) is 5.88. The summed E-state index contributed by atoms with van der Waals surface area (Å²) in [4.78, 5) is 28.7. The van der Waals surface area contributed by atoms with E-state index in [1.165, 1.54) is 18.3 Å². The van der Waals surface area contributed by atoms with Gasteiger partial charge in [0.15, 0.2) is 5.13 Å². The number of carboxylic acids is 1. The number of carbonyl (C=O) groups excluding carboxylic acids is 1.